The molecule has 0 spiro atoms. The number of rotatable bonds is 3. The van der Waals surface area contributed by atoms with Gasteiger partial charge in [0.1, 0.15) is 0 Å². The summed E-state index contributed by atoms with van der Waals surface area (Å²) < 4.78 is 0. The van der Waals surface area contributed by atoms with Gasteiger partial charge in [-0.25, -0.2) is 4.79 Å². The Labute approximate surface area is 155 Å². The number of aryl methyl sites for hydroxylation is 1. The smallest absolute Gasteiger partial charge is 0.336 e. The predicted molar refractivity (Wildman–Crippen MR) is 104 cm³/mol. The summed E-state index contributed by atoms with van der Waals surface area (Å²) in [4.78, 5) is 22.6. The van der Waals surface area contributed by atoms with Gasteiger partial charge in [0, 0.05) is 5.56 Å². The molecule has 1 aliphatic carbocycles. The minimum absolute atomic E-state index is 0.0424. The van der Waals surface area contributed by atoms with Crippen LogP contribution in [-0.4, -0.2) is 17.4 Å². The van der Waals surface area contributed by atoms with Crippen LogP contribution in [0.4, 0.5) is 0 Å². The zero-order valence-electron chi connectivity index (χ0n) is 16.1. The Morgan fingerprint density at radius 3 is 2.12 bits per heavy atom. The second-order valence-electron chi connectivity index (χ2n) is 8.71. The highest BCUT2D eigenvalue weighted by atomic mass is 16.4. The van der Waals surface area contributed by atoms with Gasteiger partial charge in [0.25, 0.3) is 0 Å². The molecule has 2 aromatic carbocycles. The van der Waals surface area contributed by atoms with E-state index in [1.165, 1.54) is 17.2 Å². The van der Waals surface area contributed by atoms with Crippen molar-refractivity contribution in [1.29, 1.82) is 0 Å². The molecule has 136 valence electrons. The van der Waals surface area contributed by atoms with Crippen LogP contribution in [0.2, 0.25) is 0 Å². The molecule has 0 atom stereocenters. The Bertz CT molecular complexity index is 904. The number of fused-ring (bicyclic) bond motifs is 1. The maximum absolute atomic E-state index is 11.4. The molecule has 0 bridgehead atoms. The van der Waals surface area contributed by atoms with E-state index in [0.717, 1.165) is 29.5 Å². The zero-order chi connectivity index (χ0) is 19.3. The van der Waals surface area contributed by atoms with Crippen LogP contribution in [0.15, 0.2) is 30.3 Å². The summed E-state index contributed by atoms with van der Waals surface area (Å²) in [5, 5.41) is 9.24. The molecular weight excluding hydrogens is 324 g/mol. The van der Waals surface area contributed by atoms with Crippen molar-refractivity contribution in [3.05, 3.63) is 58.1 Å². The normalized spacial score (nSPS) is 17.4. The van der Waals surface area contributed by atoms with Crippen LogP contribution >= 0.6 is 0 Å². The highest BCUT2D eigenvalue weighted by Gasteiger charge is 2.37. The summed E-state index contributed by atoms with van der Waals surface area (Å²) in [5.41, 5.74) is 6.35. The summed E-state index contributed by atoms with van der Waals surface area (Å²) in [5.74, 6) is -1.08. The minimum atomic E-state index is -1.08. The molecule has 0 aromatic heterocycles. The van der Waals surface area contributed by atoms with Gasteiger partial charge in [0.2, 0.25) is 0 Å². The van der Waals surface area contributed by atoms with Crippen molar-refractivity contribution in [2.45, 2.75) is 58.3 Å². The molecule has 3 rings (SSSR count). The van der Waals surface area contributed by atoms with E-state index in [4.69, 9.17) is 0 Å². The number of benzene rings is 2. The Balaban J connectivity index is 2.22. The molecule has 2 aromatic rings. The number of carboxylic acid groups (broad SMARTS) is 1. The highest BCUT2D eigenvalue weighted by Crippen LogP contribution is 2.47. The second-order valence-corrected chi connectivity index (χ2v) is 8.71. The summed E-state index contributed by atoms with van der Waals surface area (Å²) in [6, 6.07) is 9.53. The third-order valence-corrected chi connectivity index (χ3v) is 5.92. The molecule has 26 heavy (non-hydrogen) atoms. The van der Waals surface area contributed by atoms with Crippen molar-refractivity contribution in [3.63, 3.8) is 0 Å². The van der Waals surface area contributed by atoms with Crippen LogP contribution in [0, 0.1) is 6.92 Å². The van der Waals surface area contributed by atoms with Crippen LogP contribution < -0.4 is 0 Å². The molecule has 0 amide bonds. The quantitative estimate of drug-likeness (QED) is 0.741. The molecular formula is C23H26O3. The van der Waals surface area contributed by atoms with Crippen LogP contribution in [0.5, 0.6) is 0 Å². The molecule has 1 aliphatic rings. The van der Waals surface area contributed by atoms with E-state index in [1.807, 2.05) is 0 Å². The summed E-state index contributed by atoms with van der Waals surface area (Å²) in [6.45, 7) is 11.2. The van der Waals surface area contributed by atoms with Crippen LogP contribution in [0.25, 0.3) is 11.1 Å². The van der Waals surface area contributed by atoms with Gasteiger partial charge < -0.3 is 5.11 Å². The molecule has 1 N–H and O–H groups in total. The first-order chi connectivity index (χ1) is 12.1. The van der Waals surface area contributed by atoms with Gasteiger partial charge in [-0.05, 0) is 70.5 Å². The van der Waals surface area contributed by atoms with E-state index in [0.29, 0.717) is 6.29 Å². The van der Waals surface area contributed by atoms with E-state index < -0.39 is 5.97 Å². The number of hydrogen-bond acceptors (Lipinski definition) is 2. The number of carbonyl (C=O) groups is 2. The Hall–Kier alpha value is -2.42. The third-order valence-electron chi connectivity index (χ3n) is 5.92. The predicted octanol–water partition coefficient (Wildman–Crippen LogP) is 5.52. The second kappa shape index (κ2) is 6.08. The van der Waals surface area contributed by atoms with Gasteiger partial charge in [-0.3, -0.25) is 4.79 Å². The van der Waals surface area contributed by atoms with Gasteiger partial charge in [-0.15, -0.1) is 0 Å². The number of carbonyl (C=O) groups excluding carboxylic acids is 1. The number of hydrogen-bond donors (Lipinski definition) is 1. The zero-order valence-corrected chi connectivity index (χ0v) is 16.1. The molecule has 0 fully saturated rings. The van der Waals surface area contributed by atoms with E-state index in [1.54, 1.807) is 12.1 Å². The molecule has 0 saturated heterocycles. The van der Waals surface area contributed by atoms with Gasteiger partial charge in [-0.2, -0.15) is 0 Å². The number of carboxylic acids is 1. The van der Waals surface area contributed by atoms with Crippen molar-refractivity contribution in [3.8, 4) is 11.1 Å². The lowest BCUT2D eigenvalue weighted by Crippen LogP contribution is -2.34. The fourth-order valence-corrected chi connectivity index (χ4v) is 4.06. The van der Waals surface area contributed by atoms with E-state index in [-0.39, 0.29) is 22.0 Å². The maximum Gasteiger partial charge on any atom is 0.336 e. The summed E-state index contributed by atoms with van der Waals surface area (Å²) in [6.07, 6.45) is 2.91. The van der Waals surface area contributed by atoms with E-state index in [2.05, 4.69) is 46.8 Å². The van der Waals surface area contributed by atoms with Gasteiger partial charge >= 0.3 is 5.97 Å². The van der Waals surface area contributed by atoms with Gasteiger partial charge in [-0.1, -0.05) is 45.9 Å². The fraction of sp³-hybridized carbons (Fsp3) is 0.391. The minimum Gasteiger partial charge on any atom is -0.478 e. The first-order valence-electron chi connectivity index (χ1n) is 9.05. The van der Waals surface area contributed by atoms with Crippen molar-refractivity contribution in [1.82, 2.24) is 0 Å². The van der Waals surface area contributed by atoms with E-state index in [9.17, 15) is 14.7 Å². The Morgan fingerprint density at radius 1 is 1.00 bits per heavy atom. The van der Waals surface area contributed by atoms with Crippen molar-refractivity contribution < 1.29 is 14.7 Å². The van der Waals surface area contributed by atoms with Crippen LogP contribution in [0.1, 0.15) is 77.9 Å². The molecule has 0 unspecified atom stereocenters. The van der Waals surface area contributed by atoms with E-state index >= 15 is 0 Å². The Morgan fingerprint density at radius 2 is 1.58 bits per heavy atom. The number of aldehydes is 1. The van der Waals surface area contributed by atoms with Crippen molar-refractivity contribution >= 4 is 12.3 Å². The lowest BCUT2D eigenvalue weighted by molar-refractivity contribution is 0.0694. The summed E-state index contributed by atoms with van der Waals surface area (Å²) in [7, 11) is 0. The molecule has 3 heteroatoms. The molecule has 0 saturated carbocycles. The van der Waals surface area contributed by atoms with Crippen LogP contribution in [-0.2, 0) is 10.8 Å². The van der Waals surface area contributed by atoms with Crippen LogP contribution in [0.3, 0.4) is 0 Å². The first-order valence-corrected chi connectivity index (χ1v) is 9.05. The molecule has 0 heterocycles. The summed E-state index contributed by atoms with van der Waals surface area (Å²) >= 11 is 0. The Kier molecular flexibility index (Phi) is 4.30. The largest absolute Gasteiger partial charge is 0.478 e. The van der Waals surface area contributed by atoms with Crippen molar-refractivity contribution in [2.75, 3.05) is 0 Å². The average Bonchev–Trinajstić information content (AvgIpc) is 2.58. The molecule has 0 radical (unpaired) electrons. The lowest BCUT2D eigenvalue weighted by Gasteiger charge is -2.42. The fourth-order valence-electron chi connectivity index (χ4n) is 4.06. The molecule has 3 nitrogen and oxygen atoms in total. The average molecular weight is 350 g/mol. The molecule has 0 aliphatic heterocycles. The lowest BCUT2D eigenvalue weighted by atomic mass is 9.62. The first kappa shape index (κ1) is 18.4. The monoisotopic (exact) mass is 350 g/mol. The third kappa shape index (κ3) is 2.96. The maximum atomic E-state index is 11.4. The standard InChI is InChI=1S/C23H26O3/c1-14-10-19-20(23(4,5)9-8-22(19,2)3)12-18(14)15-6-7-17(21(25)26)16(11-15)13-24/h6-7,10-13H,8-9H2,1-5H3,(H,25,26). The van der Waals surface area contributed by atoms with Crippen molar-refractivity contribution in [2.24, 2.45) is 0 Å². The SMILES string of the molecule is Cc1cc2c(cc1-c1ccc(C(=O)O)c(C=O)c1)C(C)(C)CCC2(C)C. The highest BCUT2D eigenvalue weighted by molar-refractivity contribution is 5.98. The number of aromatic carboxylic acids is 1. The van der Waals surface area contributed by atoms with Gasteiger partial charge in [0.05, 0.1) is 5.56 Å². The topological polar surface area (TPSA) is 54.4 Å². The van der Waals surface area contributed by atoms with Gasteiger partial charge in [0.15, 0.2) is 6.29 Å².